The molecule has 0 aromatic heterocycles. The van der Waals surface area contributed by atoms with Crippen molar-refractivity contribution < 1.29 is 14.7 Å². The summed E-state index contributed by atoms with van der Waals surface area (Å²) >= 11 is 0. The number of carbonyl (C=O) groups excluding carboxylic acids is 1. The molecule has 30 heavy (non-hydrogen) atoms. The highest BCUT2D eigenvalue weighted by molar-refractivity contribution is 5.92. The molecule has 0 saturated carbocycles. The van der Waals surface area contributed by atoms with Crippen molar-refractivity contribution in [2.45, 2.75) is 116 Å². The maximum atomic E-state index is 12.0. The maximum absolute atomic E-state index is 12.0. The number of unbranched alkanes of at least 4 members (excludes halogenated alkanes) is 15. The maximum Gasteiger partial charge on any atom is 0.335 e. The van der Waals surface area contributed by atoms with Crippen LogP contribution < -0.4 is 5.32 Å². The lowest BCUT2D eigenvalue weighted by Gasteiger charge is -2.06. The number of aromatic carboxylic acids is 1. The molecule has 0 fully saturated rings. The van der Waals surface area contributed by atoms with Crippen LogP contribution >= 0.6 is 0 Å². The van der Waals surface area contributed by atoms with Crippen LogP contribution in [0, 0.1) is 0 Å². The summed E-state index contributed by atoms with van der Waals surface area (Å²) in [6.07, 6.45) is 21.7. The molecule has 2 N–H and O–H groups in total. The van der Waals surface area contributed by atoms with E-state index in [0.29, 0.717) is 12.1 Å². The Balaban J connectivity index is 1.86. The zero-order valence-corrected chi connectivity index (χ0v) is 19.1. The standard InChI is InChI=1S/C26H43NO3/c1-2-3-4-5-6-7-8-9-10-11-12-13-14-15-16-17-18-25(28)27-24-21-19-23(20-22-24)26(29)30/h19-22H,2-18H2,1H3,(H,27,28)(H,29,30). The van der Waals surface area contributed by atoms with E-state index >= 15 is 0 Å². The van der Waals surface area contributed by atoms with Crippen LogP contribution in [0.25, 0.3) is 0 Å². The molecular formula is C26H43NO3. The summed E-state index contributed by atoms with van der Waals surface area (Å²) < 4.78 is 0. The second kappa shape index (κ2) is 18.0. The van der Waals surface area contributed by atoms with Gasteiger partial charge < -0.3 is 10.4 Å². The largest absolute Gasteiger partial charge is 0.478 e. The quantitative estimate of drug-likeness (QED) is 0.224. The van der Waals surface area contributed by atoms with Crippen molar-refractivity contribution >= 4 is 17.6 Å². The Labute approximate surface area is 183 Å². The van der Waals surface area contributed by atoms with Crippen molar-refractivity contribution in [2.24, 2.45) is 0 Å². The van der Waals surface area contributed by atoms with Crippen LogP contribution in [0.1, 0.15) is 126 Å². The minimum atomic E-state index is -0.957. The Bertz CT molecular complexity index is 568. The van der Waals surface area contributed by atoms with E-state index < -0.39 is 5.97 Å². The highest BCUT2D eigenvalue weighted by Crippen LogP contribution is 2.15. The first-order valence-corrected chi connectivity index (χ1v) is 12.3. The topological polar surface area (TPSA) is 66.4 Å². The van der Waals surface area contributed by atoms with E-state index in [1.165, 1.54) is 102 Å². The smallest absolute Gasteiger partial charge is 0.335 e. The molecule has 0 saturated heterocycles. The number of hydrogen-bond donors (Lipinski definition) is 2. The summed E-state index contributed by atoms with van der Waals surface area (Å²) in [6, 6.07) is 6.28. The molecule has 0 bridgehead atoms. The first kappa shape index (κ1) is 26.2. The molecule has 0 aliphatic rings. The number of rotatable bonds is 19. The minimum Gasteiger partial charge on any atom is -0.478 e. The van der Waals surface area contributed by atoms with E-state index in [4.69, 9.17) is 5.11 Å². The number of hydrogen-bond acceptors (Lipinski definition) is 2. The number of carboxylic acid groups (broad SMARTS) is 1. The second-order valence-corrected chi connectivity index (χ2v) is 8.48. The van der Waals surface area contributed by atoms with E-state index in [1.54, 1.807) is 12.1 Å². The normalized spacial score (nSPS) is 10.8. The van der Waals surface area contributed by atoms with Crippen LogP contribution in [0.2, 0.25) is 0 Å². The zero-order valence-electron chi connectivity index (χ0n) is 19.1. The van der Waals surface area contributed by atoms with E-state index in [2.05, 4.69) is 12.2 Å². The predicted octanol–water partition coefficient (Wildman–Crippen LogP) is 7.97. The molecule has 1 aromatic rings. The third-order valence-electron chi connectivity index (χ3n) is 5.67. The van der Waals surface area contributed by atoms with Gasteiger partial charge >= 0.3 is 5.97 Å². The molecule has 0 spiro atoms. The lowest BCUT2D eigenvalue weighted by molar-refractivity contribution is -0.116. The summed E-state index contributed by atoms with van der Waals surface area (Å²) in [7, 11) is 0. The molecule has 0 aliphatic carbocycles. The van der Waals surface area contributed by atoms with Crippen LogP contribution in [0.5, 0.6) is 0 Å². The molecule has 0 radical (unpaired) electrons. The van der Waals surface area contributed by atoms with Gasteiger partial charge in [0.15, 0.2) is 0 Å². The SMILES string of the molecule is CCCCCCCCCCCCCCCCCCC(=O)Nc1ccc(C(=O)O)cc1. The molecular weight excluding hydrogens is 374 g/mol. The highest BCUT2D eigenvalue weighted by Gasteiger charge is 2.05. The molecule has 4 heteroatoms. The minimum absolute atomic E-state index is 0.00318. The molecule has 1 rings (SSSR count). The van der Waals surface area contributed by atoms with Crippen LogP contribution in [0.3, 0.4) is 0 Å². The van der Waals surface area contributed by atoms with E-state index in [9.17, 15) is 9.59 Å². The van der Waals surface area contributed by atoms with Gasteiger partial charge in [0.1, 0.15) is 0 Å². The monoisotopic (exact) mass is 417 g/mol. The summed E-state index contributed by atoms with van der Waals surface area (Å²) in [5.41, 5.74) is 0.882. The molecule has 4 nitrogen and oxygen atoms in total. The zero-order chi connectivity index (χ0) is 21.9. The van der Waals surface area contributed by atoms with Crippen LogP contribution in [0.4, 0.5) is 5.69 Å². The lowest BCUT2D eigenvalue weighted by atomic mass is 10.0. The van der Waals surface area contributed by atoms with Crippen molar-refractivity contribution in [3.8, 4) is 0 Å². The van der Waals surface area contributed by atoms with Gasteiger partial charge in [0, 0.05) is 12.1 Å². The lowest BCUT2D eigenvalue weighted by Crippen LogP contribution is -2.11. The Hall–Kier alpha value is -1.84. The predicted molar refractivity (Wildman–Crippen MR) is 126 cm³/mol. The highest BCUT2D eigenvalue weighted by atomic mass is 16.4. The molecule has 0 atom stereocenters. The van der Waals surface area contributed by atoms with Gasteiger partial charge in [-0.2, -0.15) is 0 Å². The summed E-state index contributed by atoms with van der Waals surface area (Å²) in [6.45, 7) is 2.27. The Morgan fingerprint density at radius 2 is 1.07 bits per heavy atom. The van der Waals surface area contributed by atoms with Crippen LogP contribution in [-0.4, -0.2) is 17.0 Å². The third kappa shape index (κ3) is 14.2. The fourth-order valence-electron chi connectivity index (χ4n) is 3.75. The van der Waals surface area contributed by atoms with E-state index in [0.717, 1.165) is 12.8 Å². The number of anilines is 1. The molecule has 0 unspecified atom stereocenters. The fourth-order valence-corrected chi connectivity index (χ4v) is 3.75. The number of carbonyl (C=O) groups is 2. The first-order valence-electron chi connectivity index (χ1n) is 12.3. The Morgan fingerprint density at radius 3 is 1.47 bits per heavy atom. The van der Waals surface area contributed by atoms with E-state index in [1.807, 2.05) is 0 Å². The fraction of sp³-hybridized carbons (Fsp3) is 0.692. The van der Waals surface area contributed by atoms with Crippen molar-refractivity contribution in [3.05, 3.63) is 29.8 Å². The van der Waals surface area contributed by atoms with Gasteiger partial charge in [-0.25, -0.2) is 4.79 Å². The molecule has 0 heterocycles. The van der Waals surface area contributed by atoms with Gasteiger partial charge in [0.05, 0.1) is 5.56 Å². The van der Waals surface area contributed by atoms with Gasteiger partial charge in [-0.3, -0.25) is 4.79 Å². The average molecular weight is 418 g/mol. The van der Waals surface area contributed by atoms with E-state index in [-0.39, 0.29) is 11.5 Å². The van der Waals surface area contributed by atoms with Gasteiger partial charge in [0.25, 0.3) is 0 Å². The van der Waals surface area contributed by atoms with Crippen molar-refractivity contribution in [2.75, 3.05) is 5.32 Å². The second-order valence-electron chi connectivity index (χ2n) is 8.48. The summed E-state index contributed by atoms with van der Waals surface area (Å²) in [5, 5.41) is 11.7. The Kier molecular flexibility index (Phi) is 15.7. The summed E-state index contributed by atoms with van der Waals surface area (Å²) in [5.74, 6) is -0.954. The first-order chi connectivity index (χ1) is 14.6. The number of amides is 1. The van der Waals surface area contributed by atoms with Crippen molar-refractivity contribution in [3.63, 3.8) is 0 Å². The van der Waals surface area contributed by atoms with Gasteiger partial charge in [-0.1, -0.05) is 103 Å². The summed E-state index contributed by atoms with van der Waals surface area (Å²) in [4.78, 5) is 22.8. The molecule has 1 aromatic carbocycles. The molecule has 170 valence electrons. The molecule has 1 amide bonds. The van der Waals surface area contributed by atoms with Gasteiger partial charge in [0.2, 0.25) is 5.91 Å². The van der Waals surface area contributed by atoms with Crippen LogP contribution in [0.15, 0.2) is 24.3 Å². The number of benzene rings is 1. The average Bonchev–Trinajstić information content (AvgIpc) is 2.74. The number of nitrogens with one attached hydrogen (secondary N) is 1. The third-order valence-corrected chi connectivity index (χ3v) is 5.67. The molecule has 0 aliphatic heterocycles. The Morgan fingerprint density at radius 1 is 0.667 bits per heavy atom. The van der Waals surface area contributed by atoms with Crippen molar-refractivity contribution in [1.29, 1.82) is 0 Å². The van der Waals surface area contributed by atoms with Gasteiger partial charge in [-0.15, -0.1) is 0 Å². The van der Waals surface area contributed by atoms with Crippen LogP contribution in [-0.2, 0) is 4.79 Å². The van der Waals surface area contributed by atoms with Gasteiger partial charge in [-0.05, 0) is 30.7 Å². The number of carboxylic acids is 1. The van der Waals surface area contributed by atoms with Crippen molar-refractivity contribution in [1.82, 2.24) is 0 Å².